The topological polar surface area (TPSA) is 84.5 Å². The standard InChI is InChI=1S/C13H15N3O2/c1-8(7-14)11-15-12(17)10(13(18)16-11)9-5-3-2-4-6-9/h2-6,8,10H,7,14H2,1H3,(H,15,16,17,18). The summed E-state index contributed by atoms with van der Waals surface area (Å²) >= 11 is 0. The van der Waals surface area contributed by atoms with Gasteiger partial charge in [0, 0.05) is 12.5 Å². The molecule has 2 atom stereocenters. The minimum atomic E-state index is -0.847. The first-order valence-corrected chi connectivity index (χ1v) is 5.81. The van der Waals surface area contributed by atoms with E-state index in [2.05, 4.69) is 10.3 Å². The molecule has 2 unspecified atom stereocenters. The molecule has 18 heavy (non-hydrogen) atoms. The number of benzene rings is 1. The van der Waals surface area contributed by atoms with Crippen molar-refractivity contribution in [2.24, 2.45) is 16.6 Å². The van der Waals surface area contributed by atoms with Gasteiger partial charge >= 0.3 is 0 Å². The molecule has 0 radical (unpaired) electrons. The van der Waals surface area contributed by atoms with Gasteiger partial charge in [0.15, 0.2) is 0 Å². The summed E-state index contributed by atoms with van der Waals surface area (Å²) in [5.74, 6) is -1.38. The average Bonchev–Trinajstić information content (AvgIpc) is 2.38. The smallest absolute Gasteiger partial charge is 0.264 e. The van der Waals surface area contributed by atoms with Crippen LogP contribution in [0.15, 0.2) is 35.3 Å². The van der Waals surface area contributed by atoms with Gasteiger partial charge in [0.1, 0.15) is 11.8 Å². The van der Waals surface area contributed by atoms with Crippen LogP contribution < -0.4 is 11.1 Å². The number of amides is 2. The largest absolute Gasteiger partial charge is 0.330 e. The predicted molar refractivity (Wildman–Crippen MR) is 68.0 cm³/mol. The van der Waals surface area contributed by atoms with Crippen molar-refractivity contribution in [2.75, 3.05) is 6.54 Å². The van der Waals surface area contributed by atoms with Gasteiger partial charge in [-0.3, -0.25) is 9.59 Å². The van der Waals surface area contributed by atoms with Crippen molar-refractivity contribution in [1.82, 2.24) is 5.32 Å². The monoisotopic (exact) mass is 245 g/mol. The Morgan fingerprint density at radius 3 is 2.56 bits per heavy atom. The third kappa shape index (κ3) is 2.31. The molecule has 2 rings (SSSR count). The fraction of sp³-hybridized carbons (Fsp3) is 0.308. The maximum atomic E-state index is 12.0. The Bertz CT molecular complexity index is 496. The van der Waals surface area contributed by atoms with Gasteiger partial charge in [-0.25, -0.2) is 0 Å². The van der Waals surface area contributed by atoms with E-state index < -0.39 is 11.8 Å². The zero-order valence-corrected chi connectivity index (χ0v) is 10.1. The van der Waals surface area contributed by atoms with E-state index in [1.54, 1.807) is 24.3 Å². The third-order valence-electron chi connectivity index (χ3n) is 2.94. The molecule has 3 N–H and O–H groups in total. The van der Waals surface area contributed by atoms with Crippen LogP contribution in [0.2, 0.25) is 0 Å². The SMILES string of the molecule is CC(CN)C1=NC(=O)C(c2ccccc2)C(=O)N1. The van der Waals surface area contributed by atoms with Crippen LogP contribution in [0, 0.1) is 5.92 Å². The molecule has 2 amide bonds. The van der Waals surface area contributed by atoms with E-state index in [1.165, 1.54) is 0 Å². The number of nitrogens with zero attached hydrogens (tertiary/aromatic N) is 1. The number of aliphatic imine (C=N–C) groups is 1. The third-order valence-corrected chi connectivity index (χ3v) is 2.94. The number of carbonyl (C=O) groups is 2. The first kappa shape index (κ1) is 12.4. The van der Waals surface area contributed by atoms with Gasteiger partial charge in [-0.05, 0) is 5.56 Å². The van der Waals surface area contributed by atoms with Gasteiger partial charge in [0.2, 0.25) is 5.91 Å². The summed E-state index contributed by atoms with van der Waals surface area (Å²) in [5, 5.41) is 2.66. The maximum absolute atomic E-state index is 12.0. The summed E-state index contributed by atoms with van der Waals surface area (Å²) in [7, 11) is 0. The molecule has 1 heterocycles. The lowest BCUT2D eigenvalue weighted by molar-refractivity contribution is -0.129. The summed E-state index contributed by atoms with van der Waals surface area (Å²) in [5.41, 5.74) is 6.15. The van der Waals surface area contributed by atoms with Crippen molar-refractivity contribution in [3.05, 3.63) is 35.9 Å². The second-order valence-corrected chi connectivity index (χ2v) is 4.30. The summed E-state index contributed by atoms with van der Waals surface area (Å²) in [6.07, 6.45) is 0. The lowest BCUT2D eigenvalue weighted by Crippen LogP contribution is -2.46. The van der Waals surface area contributed by atoms with E-state index in [0.717, 1.165) is 0 Å². The molecule has 94 valence electrons. The second kappa shape index (κ2) is 5.10. The zero-order chi connectivity index (χ0) is 13.1. The lowest BCUT2D eigenvalue weighted by atomic mass is 9.95. The number of hydrogen-bond acceptors (Lipinski definition) is 3. The molecule has 0 fully saturated rings. The fourth-order valence-corrected chi connectivity index (χ4v) is 1.81. The highest BCUT2D eigenvalue weighted by Gasteiger charge is 2.34. The molecule has 1 aromatic carbocycles. The average molecular weight is 245 g/mol. The molecule has 0 spiro atoms. The molecule has 1 aliphatic rings. The number of amidine groups is 1. The Morgan fingerprint density at radius 2 is 2.00 bits per heavy atom. The van der Waals surface area contributed by atoms with Crippen molar-refractivity contribution in [3.8, 4) is 0 Å². The second-order valence-electron chi connectivity index (χ2n) is 4.30. The molecular weight excluding hydrogens is 230 g/mol. The summed E-state index contributed by atoms with van der Waals surface area (Å²) in [6.45, 7) is 2.15. The Balaban J connectivity index is 2.30. The Kier molecular flexibility index (Phi) is 3.53. The van der Waals surface area contributed by atoms with Crippen LogP contribution in [0.3, 0.4) is 0 Å². The van der Waals surface area contributed by atoms with E-state index in [0.29, 0.717) is 17.9 Å². The van der Waals surface area contributed by atoms with Crippen LogP contribution in [0.4, 0.5) is 0 Å². The summed E-state index contributed by atoms with van der Waals surface area (Å²) in [6, 6.07) is 8.90. The molecule has 0 saturated heterocycles. The van der Waals surface area contributed by atoms with Crippen molar-refractivity contribution >= 4 is 17.6 Å². The first-order valence-electron chi connectivity index (χ1n) is 5.81. The predicted octanol–water partition coefficient (Wildman–Crippen LogP) is 0.420. The van der Waals surface area contributed by atoms with Crippen molar-refractivity contribution in [1.29, 1.82) is 0 Å². The molecule has 5 heteroatoms. The Labute approximate surface area is 105 Å². The fourth-order valence-electron chi connectivity index (χ4n) is 1.81. The number of nitrogens with two attached hydrogens (primary N) is 1. The van der Waals surface area contributed by atoms with Gasteiger partial charge in [-0.1, -0.05) is 37.3 Å². The molecule has 1 aromatic rings. The summed E-state index contributed by atoms with van der Waals surface area (Å²) < 4.78 is 0. The van der Waals surface area contributed by atoms with Crippen molar-refractivity contribution in [3.63, 3.8) is 0 Å². The minimum Gasteiger partial charge on any atom is -0.330 e. The normalized spacial score (nSPS) is 21.2. The Hall–Kier alpha value is -2.01. The molecule has 0 saturated carbocycles. The minimum absolute atomic E-state index is 0.130. The number of rotatable bonds is 3. The highest BCUT2D eigenvalue weighted by molar-refractivity contribution is 6.19. The quantitative estimate of drug-likeness (QED) is 0.757. The maximum Gasteiger partial charge on any atom is 0.264 e. The van der Waals surface area contributed by atoms with Crippen molar-refractivity contribution < 1.29 is 9.59 Å². The first-order chi connectivity index (χ1) is 8.63. The van der Waals surface area contributed by atoms with E-state index >= 15 is 0 Å². The van der Waals surface area contributed by atoms with E-state index in [-0.39, 0.29) is 11.8 Å². The molecule has 0 aromatic heterocycles. The molecule has 0 aliphatic carbocycles. The van der Waals surface area contributed by atoms with Crippen molar-refractivity contribution in [2.45, 2.75) is 12.8 Å². The van der Waals surface area contributed by atoms with Crippen LogP contribution in [0.5, 0.6) is 0 Å². The van der Waals surface area contributed by atoms with Crippen LogP contribution in [0.25, 0.3) is 0 Å². The molecular formula is C13H15N3O2. The molecule has 5 nitrogen and oxygen atoms in total. The van der Waals surface area contributed by atoms with Crippen LogP contribution >= 0.6 is 0 Å². The van der Waals surface area contributed by atoms with Crippen LogP contribution in [0.1, 0.15) is 18.4 Å². The lowest BCUT2D eigenvalue weighted by Gasteiger charge is -2.22. The van der Waals surface area contributed by atoms with Gasteiger partial charge in [0.25, 0.3) is 5.91 Å². The number of nitrogens with one attached hydrogen (secondary N) is 1. The Morgan fingerprint density at radius 1 is 1.33 bits per heavy atom. The summed E-state index contributed by atoms with van der Waals surface area (Å²) in [4.78, 5) is 27.9. The molecule has 1 aliphatic heterocycles. The van der Waals surface area contributed by atoms with Gasteiger partial charge < -0.3 is 11.1 Å². The van der Waals surface area contributed by atoms with E-state index in [1.807, 2.05) is 13.0 Å². The number of carbonyl (C=O) groups excluding carboxylic acids is 2. The highest BCUT2D eigenvalue weighted by atomic mass is 16.2. The van der Waals surface area contributed by atoms with Gasteiger partial charge in [-0.15, -0.1) is 0 Å². The van der Waals surface area contributed by atoms with Crippen LogP contribution in [-0.4, -0.2) is 24.2 Å². The zero-order valence-electron chi connectivity index (χ0n) is 10.1. The molecule has 0 bridgehead atoms. The van der Waals surface area contributed by atoms with Gasteiger partial charge in [0.05, 0.1) is 0 Å². The van der Waals surface area contributed by atoms with Crippen LogP contribution in [-0.2, 0) is 9.59 Å². The van der Waals surface area contributed by atoms with E-state index in [4.69, 9.17) is 5.73 Å². The van der Waals surface area contributed by atoms with E-state index in [9.17, 15) is 9.59 Å². The van der Waals surface area contributed by atoms with Gasteiger partial charge in [-0.2, -0.15) is 4.99 Å². The highest BCUT2D eigenvalue weighted by Crippen LogP contribution is 2.20. The number of hydrogen-bond donors (Lipinski definition) is 2.